The summed E-state index contributed by atoms with van der Waals surface area (Å²) >= 11 is 14.9. The fourth-order valence-electron chi connectivity index (χ4n) is 2.06. The van der Waals surface area contributed by atoms with Gasteiger partial charge in [0, 0.05) is 0 Å². The van der Waals surface area contributed by atoms with E-state index in [1.807, 2.05) is 0 Å². The molecule has 1 aliphatic rings. The van der Waals surface area contributed by atoms with E-state index in [-0.39, 0.29) is 27.1 Å². The first-order valence-electron chi connectivity index (χ1n) is 6.48. The van der Waals surface area contributed by atoms with Crippen LogP contribution in [0.4, 0.5) is 10.5 Å². The van der Waals surface area contributed by atoms with Crippen LogP contribution in [0.25, 0.3) is 6.08 Å². The number of anilines is 1. The van der Waals surface area contributed by atoms with Crippen LogP contribution in [0.15, 0.2) is 45.0 Å². The third-order valence-electron chi connectivity index (χ3n) is 3.14. The Morgan fingerprint density at radius 1 is 1.08 bits per heavy atom. The Kier molecular flexibility index (Phi) is 4.49. The molecule has 1 saturated heterocycles. The summed E-state index contributed by atoms with van der Waals surface area (Å²) in [7, 11) is 0. The van der Waals surface area contributed by atoms with Gasteiger partial charge >= 0.3 is 6.03 Å². The van der Waals surface area contributed by atoms with Crippen molar-refractivity contribution < 1.29 is 18.8 Å². The van der Waals surface area contributed by atoms with Crippen molar-refractivity contribution in [3.63, 3.8) is 0 Å². The first-order chi connectivity index (χ1) is 11.4. The number of halogens is 3. The highest BCUT2D eigenvalue weighted by atomic mass is 79.9. The molecule has 122 valence electrons. The molecule has 0 atom stereocenters. The minimum Gasteiger partial charge on any atom is -0.450 e. The molecule has 0 saturated carbocycles. The maximum atomic E-state index is 12.6. The van der Waals surface area contributed by atoms with Crippen LogP contribution in [0.1, 0.15) is 5.76 Å². The molecule has 3 rings (SSSR count). The molecule has 9 heteroatoms. The molecule has 2 heterocycles. The molecule has 0 spiro atoms. The van der Waals surface area contributed by atoms with Gasteiger partial charge in [-0.25, -0.2) is 9.69 Å². The fraction of sp³-hybridized carbons (Fsp3) is 0. The number of hydrogen-bond acceptors (Lipinski definition) is 4. The van der Waals surface area contributed by atoms with Crippen molar-refractivity contribution in [3.8, 4) is 0 Å². The Labute approximate surface area is 154 Å². The topological polar surface area (TPSA) is 79.6 Å². The number of nitrogens with one attached hydrogen (secondary N) is 1. The van der Waals surface area contributed by atoms with Crippen molar-refractivity contribution in [1.29, 1.82) is 0 Å². The molecular weight excluding hydrogens is 423 g/mol. The maximum Gasteiger partial charge on any atom is 0.335 e. The zero-order valence-corrected chi connectivity index (χ0v) is 14.8. The van der Waals surface area contributed by atoms with Crippen LogP contribution in [-0.4, -0.2) is 17.8 Å². The molecule has 4 amide bonds. The summed E-state index contributed by atoms with van der Waals surface area (Å²) in [5.74, 6) is -1.33. The largest absolute Gasteiger partial charge is 0.450 e. The number of barbiturate groups is 1. The number of nitrogens with zero attached hydrogens (tertiary/aromatic N) is 1. The van der Waals surface area contributed by atoms with Gasteiger partial charge in [-0.3, -0.25) is 14.9 Å². The van der Waals surface area contributed by atoms with Crippen LogP contribution in [0.3, 0.4) is 0 Å². The van der Waals surface area contributed by atoms with Crippen molar-refractivity contribution in [2.24, 2.45) is 0 Å². The van der Waals surface area contributed by atoms with E-state index in [4.69, 9.17) is 27.6 Å². The molecule has 24 heavy (non-hydrogen) atoms. The lowest BCUT2D eigenvalue weighted by molar-refractivity contribution is -0.122. The van der Waals surface area contributed by atoms with E-state index in [0.717, 1.165) is 4.90 Å². The average molecular weight is 430 g/mol. The Bertz CT molecular complexity index is 907. The van der Waals surface area contributed by atoms with Crippen LogP contribution in [-0.2, 0) is 9.59 Å². The van der Waals surface area contributed by atoms with Gasteiger partial charge in [0.1, 0.15) is 11.3 Å². The number of benzene rings is 1. The molecular formula is C15H7BrCl2N2O4. The molecule has 0 unspecified atom stereocenters. The van der Waals surface area contributed by atoms with Gasteiger partial charge in [-0.05, 0) is 52.3 Å². The van der Waals surface area contributed by atoms with E-state index in [1.54, 1.807) is 12.1 Å². The van der Waals surface area contributed by atoms with Crippen LogP contribution in [0, 0.1) is 0 Å². The number of hydrogen-bond donors (Lipinski definition) is 1. The summed E-state index contributed by atoms with van der Waals surface area (Å²) in [6, 6.07) is 6.56. The third-order valence-corrected chi connectivity index (χ3v) is 4.31. The summed E-state index contributed by atoms with van der Waals surface area (Å²) < 4.78 is 5.69. The standard InChI is InChI=1S/C15H7BrCl2N2O4/c16-12-4-2-8(24-12)6-9-13(21)19-15(23)20(14(9)22)7-1-3-10(17)11(18)5-7/h1-6H,(H,19,21,23)/b9-6+. The zero-order valence-electron chi connectivity index (χ0n) is 11.7. The lowest BCUT2D eigenvalue weighted by atomic mass is 10.1. The van der Waals surface area contributed by atoms with Crippen LogP contribution >= 0.6 is 39.1 Å². The third kappa shape index (κ3) is 3.10. The first-order valence-corrected chi connectivity index (χ1v) is 8.03. The summed E-state index contributed by atoms with van der Waals surface area (Å²) in [4.78, 5) is 37.4. The number of furan rings is 1. The number of imide groups is 2. The Morgan fingerprint density at radius 2 is 1.83 bits per heavy atom. The van der Waals surface area contributed by atoms with E-state index < -0.39 is 17.8 Å². The highest BCUT2D eigenvalue weighted by Crippen LogP contribution is 2.29. The quantitative estimate of drug-likeness (QED) is 0.577. The van der Waals surface area contributed by atoms with Crippen LogP contribution < -0.4 is 10.2 Å². The van der Waals surface area contributed by atoms with Crippen molar-refractivity contribution >= 4 is 68.7 Å². The molecule has 1 aromatic carbocycles. The van der Waals surface area contributed by atoms with Gasteiger partial charge < -0.3 is 4.42 Å². The van der Waals surface area contributed by atoms with Gasteiger partial charge in [0.25, 0.3) is 11.8 Å². The average Bonchev–Trinajstić information content (AvgIpc) is 2.92. The molecule has 0 aliphatic carbocycles. The molecule has 1 aliphatic heterocycles. The zero-order chi connectivity index (χ0) is 17.4. The van der Waals surface area contributed by atoms with Crippen molar-refractivity contribution in [2.45, 2.75) is 0 Å². The molecule has 2 aromatic rings. The van der Waals surface area contributed by atoms with Crippen LogP contribution in [0.5, 0.6) is 0 Å². The van der Waals surface area contributed by atoms with E-state index >= 15 is 0 Å². The summed E-state index contributed by atoms with van der Waals surface area (Å²) in [5.41, 5.74) is -0.0616. The van der Waals surface area contributed by atoms with Gasteiger partial charge in [0.2, 0.25) is 0 Å². The van der Waals surface area contributed by atoms with E-state index in [1.165, 1.54) is 24.3 Å². The Balaban J connectivity index is 2.02. The second-order valence-electron chi connectivity index (χ2n) is 4.70. The highest BCUT2D eigenvalue weighted by Gasteiger charge is 2.37. The van der Waals surface area contributed by atoms with Gasteiger partial charge in [-0.2, -0.15) is 0 Å². The van der Waals surface area contributed by atoms with Gasteiger partial charge in [-0.15, -0.1) is 0 Å². The first kappa shape index (κ1) is 16.8. The molecule has 1 N–H and O–H groups in total. The predicted molar refractivity (Wildman–Crippen MR) is 91.9 cm³/mol. The summed E-state index contributed by atoms with van der Waals surface area (Å²) in [6.07, 6.45) is 1.25. The van der Waals surface area contributed by atoms with Crippen molar-refractivity contribution in [1.82, 2.24) is 5.32 Å². The number of carbonyl (C=O) groups excluding carboxylic acids is 3. The Morgan fingerprint density at radius 3 is 2.46 bits per heavy atom. The van der Waals surface area contributed by atoms with E-state index in [9.17, 15) is 14.4 Å². The molecule has 6 nitrogen and oxygen atoms in total. The minimum atomic E-state index is -0.874. The Hall–Kier alpha value is -2.09. The maximum absolute atomic E-state index is 12.6. The summed E-state index contributed by atoms with van der Waals surface area (Å²) in [6.45, 7) is 0. The smallest absolute Gasteiger partial charge is 0.335 e. The lowest BCUT2D eigenvalue weighted by Crippen LogP contribution is -2.54. The molecule has 1 fully saturated rings. The summed E-state index contributed by atoms with van der Waals surface area (Å²) in [5, 5.41) is 2.55. The monoisotopic (exact) mass is 428 g/mol. The predicted octanol–water partition coefficient (Wildman–Crippen LogP) is 4.02. The van der Waals surface area contributed by atoms with Crippen molar-refractivity contribution in [2.75, 3.05) is 4.90 Å². The molecule has 0 radical (unpaired) electrons. The number of amides is 4. The van der Waals surface area contributed by atoms with Gasteiger partial charge in [0.15, 0.2) is 4.67 Å². The van der Waals surface area contributed by atoms with E-state index in [0.29, 0.717) is 4.67 Å². The van der Waals surface area contributed by atoms with Crippen LogP contribution in [0.2, 0.25) is 10.0 Å². The van der Waals surface area contributed by atoms with Gasteiger partial charge in [0.05, 0.1) is 15.7 Å². The highest BCUT2D eigenvalue weighted by molar-refractivity contribution is 9.10. The number of urea groups is 1. The minimum absolute atomic E-state index is 0.173. The second-order valence-corrected chi connectivity index (χ2v) is 6.29. The number of rotatable bonds is 2. The number of carbonyl (C=O) groups is 3. The van der Waals surface area contributed by atoms with E-state index in [2.05, 4.69) is 21.2 Å². The van der Waals surface area contributed by atoms with Gasteiger partial charge in [-0.1, -0.05) is 23.2 Å². The normalized spacial score (nSPS) is 16.7. The SMILES string of the molecule is O=C1NC(=O)N(c2ccc(Cl)c(Cl)c2)C(=O)/C1=C/c1ccc(Br)o1. The molecule has 1 aromatic heterocycles. The van der Waals surface area contributed by atoms with Crippen molar-refractivity contribution in [3.05, 3.63) is 56.4 Å². The fourth-order valence-corrected chi connectivity index (χ4v) is 2.68. The lowest BCUT2D eigenvalue weighted by Gasteiger charge is -2.26. The second kappa shape index (κ2) is 6.43. The molecule has 0 bridgehead atoms.